The van der Waals surface area contributed by atoms with Gasteiger partial charge in [0.15, 0.2) is 11.6 Å². The largest absolute Gasteiger partial charge is 0.478 e. The minimum absolute atomic E-state index is 0.0382. The molecule has 96 heavy (non-hydrogen) atoms. The lowest BCUT2D eigenvalue weighted by Gasteiger charge is -2.28. The third-order valence-electron chi connectivity index (χ3n) is 16.5. The van der Waals surface area contributed by atoms with Crippen LogP contribution in [0.5, 0.6) is 11.8 Å². The van der Waals surface area contributed by atoms with E-state index in [0.29, 0.717) is 37.5 Å². The van der Waals surface area contributed by atoms with Crippen molar-refractivity contribution >= 4 is 34.0 Å². The summed E-state index contributed by atoms with van der Waals surface area (Å²) in [5.41, 5.74) is -4.87. The molecule has 0 amide bonds. The van der Waals surface area contributed by atoms with Gasteiger partial charge in [0.1, 0.15) is 70.8 Å². The van der Waals surface area contributed by atoms with Gasteiger partial charge in [-0.15, -0.1) is 0 Å². The van der Waals surface area contributed by atoms with E-state index in [-0.39, 0.29) is 127 Å². The van der Waals surface area contributed by atoms with Gasteiger partial charge in [0.05, 0.1) is 83.2 Å². The van der Waals surface area contributed by atoms with Crippen LogP contribution in [0, 0.1) is 57.4 Å². The maximum Gasteiger partial charge on any atom is 0.416 e. The van der Waals surface area contributed by atoms with E-state index in [1.54, 1.807) is 9.13 Å². The lowest BCUT2D eigenvalue weighted by atomic mass is 9.87. The summed E-state index contributed by atoms with van der Waals surface area (Å²) in [6, 6.07) is 19.5. The van der Waals surface area contributed by atoms with E-state index >= 15 is 26.3 Å². The van der Waals surface area contributed by atoms with Crippen molar-refractivity contribution in [2.75, 3.05) is 26.4 Å². The molecular formula is C68H52F14N6O8. The monoisotopic (exact) mass is 1350 g/mol. The summed E-state index contributed by atoms with van der Waals surface area (Å²) in [7, 11) is 0. The summed E-state index contributed by atoms with van der Waals surface area (Å²) in [5, 5.41) is 19.1. The molecule has 28 heteroatoms. The molecule has 500 valence electrons. The number of nitrogens with zero attached hydrogens (tertiary/aromatic N) is 6. The zero-order valence-corrected chi connectivity index (χ0v) is 50.7. The number of halogens is 14. The number of hydrogen-bond acceptors (Lipinski definition) is 10. The molecule has 0 radical (unpaired) electrons. The van der Waals surface area contributed by atoms with Crippen molar-refractivity contribution in [3.63, 3.8) is 0 Å². The lowest BCUT2D eigenvalue weighted by Crippen LogP contribution is -2.27. The lowest BCUT2D eigenvalue weighted by molar-refractivity contribution is -0.138. The number of benzene rings is 6. The van der Waals surface area contributed by atoms with Crippen LogP contribution >= 0.6 is 0 Å². The number of aromatic carboxylic acids is 2. The molecule has 6 heterocycles. The van der Waals surface area contributed by atoms with Gasteiger partial charge in [0.25, 0.3) is 0 Å². The normalized spacial score (nSPS) is 16.1. The Labute approximate surface area is 535 Å². The van der Waals surface area contributed by atoms with Crippen molar-refractivity contribution in [2.45, 2.75) is 78.2 Å². The summed E-state index contributed by atoms with van der Waals surface area (Å²) >= 11 is 0. The Morgan fingerprint density at radius 1 is 0.479 bits per heavy atom. The van der Waals surface area contributed by atoms with Crippen LogP contribution in [-0.2, 0) is 47.9 Å². The Hall–Kier alpha value is -9.96. The van der Waals surface area contributed by atoms with E-state index < -0.39 is 118 Å². The molecule has 2 atom stereocenters. The number of pyridine rings is 2. The third kappa shape index (κ3) is 13.9. The molecule has 12 rings (SSSR count). The predicted molar refractivity (Wildman–Crippen MR) is 317 cm³/mol. The van der Waals surface area contributed by atoms with Crippen molar-refractivity contribution in [2.24, 2.45) is 10.8 Å². The first kappa shape index (κ1) is 67.5. The second kappa shape index (κ2) is 26.0. The molecule has 4 aromatic heterocycles. The summed E-state index contributed by atoms with van der Waals surface area (Å²) in [4.78, 5) is 40.5. The van der Waals surface area contributed by atoms with Crippen molar-refractivity contribution in [1.82, 2.24) is 29.1 Å². The molecule has 6 aromatic carbocycles. The number of alkyl halides is 6. The van der Waals surface area contributed by atoms with Crippen molar-refractivity contribution in [1.29, 1.82) is 0 Å². The first-order chi connectivity index (χ1) is 45.2. The Kier molecular flexibility index (Phi) is 18.3. The molecule has 0 aliphatic carbocycles. The third-order valence-corrected chi connectivity index (χ3v) is 16.5. The Bertz CT molecular complexity index is 4410. The maximum absolute atomic E-state index is 15.6. The zero-order chi connectivity index (χ0) is 69.1. The number of ether oxygens (including phenoxy) is 4. The first-order valence-electron chi connectivity index (χ1n) is 29.1. The average molecular weight is 1350 g/mol. The highest BCUT2D eigenvalue weighted by Gasteiger charge is 2.42. The second-order valence-electron chi connectivity index (χ2n) is 24.2. The second-order valence-corrected chi connectivity index (χ2v) is 24.2. The highest BCUT2D eigenvalue weighted by Crippen LogP contribution is 2.44. The fourth-order valence-electron chi connectivity index (χ4n) is 11.4. The van der Waals surface area contributed by atoms with Crippen LogP contribution in [-0.4, -0.2) is 77.6 Å². The summed E-state index contributed by atoms with van der Waals surface area (Å²) in [6.07, 6.45) is -9.99. The van der Waals surface area contributed by atoms with Crippen LogP contribution < -0.4 is 9.47 Å². The van der Waals surface area contributed by atoms with Gasteiger partial charge in [-0.1, -0.05) is 52.0 Å². The maximum atomic E-state index is 15.6. The van der Waals surface area contributed by atoms with Crippen LogP contribution in [0.25, 0.3) is 44.6 Å². The van der Waals surface area contributed by atoms with E-state index in [2.05, 4.69) is 19.9 Å². The molecule has 2 unspecified atom stereocenters. The van der Waals surface area contributed by atoms with Crippen molar-refractivity contribution in [3.05, 3.63) is 224 Å². The van der Waals surface area contributed by atoms with Gasteiger partial charge in [0.2, 0.25) is 11.8 Å². The van der Waals surface area contributed by atoms with E-state index in [0.717, 1.165) is 48.5 Å². The molecule has 0 spiro atoms. The first-order valence-corrected chi connectivity index (χ1v) is 29.1. The minimum atomic E-state index is -4.72. The number of imidazole rings is 2. The summed E-state index contributed by atoms with van der Waals surface area (Å²) in [5.74, 6) is -9.99. The Morgan fingerprint density at radius 2 is 0.854 bits per heavy atom. The van der Waals surface area contributed by atoms with E-state index in [1.807, 2.05) is 27.7 Å². The van der Waals surface area contributed by atoms with Gasteiger partial charge in [-0.2, -0.15) is 26.3 Å². The number of hydrogen-bond donors (Lipinski definition) is 2. The van der Waals surface area contributed by atoms with Crippen molar-refractivity contribution in [3.8, 4) is 34.3 Å². The number of carboxylic acids is 2. The van der Waals surface area contributed by atoms with Crippen LogP contribution in [0.2, 0.25) is 0 Å². The van der Waals surface area contributed by atoms with Gasteiger partial charge in [-0.05, 0) is 96.1 Å². The molecular weight excluding hydrogens is 1290 g/mol. The summed E-state index contributed by atoms with van der Waals surface area (Å²) < 4.78 is 224. The standard InChI is InChI=1S/2C34H26F7N3O4/c2*1-33(2)16-47-15-28(33)44-27-10-19(32(45)46)9-25(38)31(27)43-29(44)11-18-8-24(37)21(13-23(18)36)26-4-3-5-30(42-26)48-14-17-6-7-20(12-22(17)35)34(39,40)41/h2*3-10,12-13,28H,11,14-16H2,1-2H3,(H,45,46). The summed E-state index contributed by atoms with van der Waals surface area (Å²) in [6.45, 7) is 7.81. The fourth-order valence-corrected chi connectivity index (χ4v) is 11.4. The SMILES string of the molecule is CC1(C)COCC1n1c(Cc2cc(F)c(-c3cccc(OCc4ccc(C(F)(F)F)cc4F)n3)cc2F)nc2c(F)cc(C(=O)O)cc21.CC1(C)COCC1n1c(Cc2cc(F)c(-c3cccc(OCc4ccc(C(F)(F)F)cc4F)n3)cc2F)nc2c(F)cc(C(=O)O)cc21. The minimum Gasteiger partial charge on any atom is -0.478 e. The highest BCUT2D eigenvalue weighted by atomic mass is 19.4. The molecule has 2 aliphatic rings. The van der Waals surface area contributed by atoms with Crippen LogP contribution in [0.15, 0.2) is 121 Å². The molecule has 2 aliphatic heterocycles. The smallest absolute Gasteiger partial charge is 0.416 e. The molecule has 2 fully saturated rings. The Balaban J connectivity index is 0.000000195. The quantitative estimate of drug-likeness (QED) is 0.0878. The van der Waals surface area contributed by atoms with E-state index in [1.165, 1.54) is 48.5 Å². The van der Waals surface area contributed by atoms with Crippen LogP contribution in [0.3, 0.4) is 0 Å². The molecule has 2 N–H and O–H groups in total. The molecule has 0 bridgehead atoms. The van der Waals surface area contributed by atoms with Gasteiger partial charge < -0.3 is 38.3 Å². The molecule has 2 saturated heterocycles. The number of carbonyl (C=O) groups is 2. The van der Waals surface area contributed by atoms with Crippen molar-refractivity contribution < 1.29 is 100 Å². The average Bonchev–Trinajstić information content (AvgIpc) is 1.54. The number of rotatable bonds is 16. The number of aromatic nitrogens is 6. The van der Waals surface area contributed by atoms with Gasteiger partial charge >= 0.3 is 24.3 Å². The zero-order valence-electron chi connectivity index (χ0n) is 50.7. The van der Waals surface area contributed by atoms with Gasteiger partial charge in [-0.25, -0.2) is 64.6 Å². The fraction of sp³-hybridized carbons (Fsp3) is 0.265. The van der Waals surface area contributed by atoms with Crippen LogP contribution in [0.1, 0.15) is 106 Å². The number of carboxylic acid groups (broad SMARTS) is 2. The molecule has 14 nitrogen and oxygen atoms in total. The number of fused-ring (bicyclic) bond motifs is 2. The van der Waals surface area contributed by atoms with E-state index in [4.69, 9.17) is 18.9 Å². The Morgan fingerprint density at radius 3 is 1.19 bits per heavy atom. The topological polar surface area (TPSA) is 173 Å². The van der Waals surface area contributed by atoms with Gasteiger partial charge in [-0.3, -0.25) is 0 Å². The predicted octanol–water partition coefficient (Wildman–Crippen LogP) is 16.3. The molecule has 0 saturated carbocycles. The highest BCUT2D eigenvalue weighted by molar-refractivity contribution is 5.94. The van der Waals surface area contributed by atoms with Gasteiger partial charge in [0, 0.05) is 58.1 Å². The van der Waals surface area contributed by atoms with Crippen LogP contribution in [0.4, 0.5) is 61.5 Å². The molecule has 10 aromatic rings. The van der Waals surface area contributed by atoms with E-state index in [9.17, 15) is 54.9 Å².